The zero-order valence-electron chi connectivity index (χ0n) is 10.1. The quantitative estimate of drug-likeness (QED) is 0.876. The fourth-order valence-electron chi connectivity index (χ4n) is 1.83. The molecule has 0 saturated carbocycles. The maximum atomic E-state index is 13.6. The van der Waals surface area contributed by atoms with E-state index in [-0.39, 0.29) is 11.9 Å². The lowest BCUT2D eigenvalue weighted by atomic mass is 10.0. The molecule has 90 valence electrons. The first kappa shape index (κ1) is 11.7. The molecule has 0 fully saturated rings. The van der Waals surface area contributed by atoms with Crippen molar-refractivity contribution < 1.29 is 4.39 Å². The summed E-state index contributed by atoms with van der Waals surface area (Å²) in [5, 5.41) is 10.9. The number of nitrogens with one attached hydrogen (secondary N) is 1. The summed E-state index contributed by atoms with van der Waals surface area (Å²) in [6, 6.07) is 5.12. The summed E-state index contributed by atoms with van der Waals surface area (Å²) in [5.74, 6) is -0.196. The number of aromatic nitrogens is 3. The number of halogens is 1. The predicted molar refractivity (Wildman–Crippen MR) is 63.0 cm³/mol. The van der Waals surface area contributed by atoms with Gasteiger partial charge in [0.05, 0.1) is 17.9 Å². The topological polar surface area (TPSA) is 42.7 Å². The zero-order valence-corrected chi connectivity index (χ0v) is 10.1. The molecule has 0 aliphatic heterocycles. The molecule has 0 saturated heterocycles. The molecule has 0 radical (unpaired) electrons. The Balaban J connectivity index is 2.42. The molecule has 17 heavy (non-hydrogen) atoms. The molecular weight excluding hydrogens is 219 g/mol. The van der Waals surface area contributed by atoms with E-state index in [0.717, 1.165) is 11.3 Å². The van der Waals surface area contributed by atoms with Gasteiger partial charge in [0, 0.05) is 7.05 Å². The van der Waals surface area contributed by atoms with Gasteiger partial charge in [-0.3, -0.25) is 4.68 Å². The van der Waals surface area contributed by atoms with Crippen molar-refractivity contribution in [3.05, 3.63) is 47.0 Å². The second-order valence-corrected chi connectivity index (χ2v) is 4.01. The molecule has 1 aromatic carbocycles. The van der Waals surface area contributed by atoms with Crippen LogP contribution in [0.2, 0.25) is 0 Å². The Labute approximate surface area is 99.5 Å². The summed E-state index contributed by atoms with van der Waals surface area (Å²) in [6.45, 7) is 1.75. The minimum atomic E-state index is -0.196. The molecule has 0 aliphatic carbocycles. The maximum absolute atomic E-state index is 13.6. The number of hydrogen-bond donors (Lipinski definition) is 1. The van der Waals surface area contributed by atoms with Crippen LogP contribution in [0.1, 0.15) is 22.9 Å². The normalized spacial score (nSPS) is 12.7. The average Bonchev–Trinajstić information content (AvgIpc) is 2.71. The summed E-state index contributed by atoms with van der Waals surface area (Å²) in [5.41, 5.74) is 2.41. The summed E-state index contributed by atoms with van der Waals surface area (Å²) in [6.07, 6.45) is 1.68. The highest BCUT2D eigenvalue weighted by atomic mass is 19.1. The van der Waals surface area contributed by atoms with Crippen molar-refractivity contribution in [2.24, 2.45) is 7.05 Å². The molecule has 0 spiro atoms. The maximum Gasteiger partial charge on any atom is 0.126 e. The van der Waals surface area contributed by atoms with Gasteiger partial charge in [-0.25, -0.2) is 4.39 Å². The highest BCUT2D eigenvalue weighted by Crippen LogP contribution is 2.22. The molecule has 4 nitrogen and oxygen atoms in total. The Morgan fingerprint density at radius 3 is 2.71 bits per heavy atom. The largest absolute Gasteiger partial charge is 0.308 e. The van der Waals surface area contributed by atoms with E-state index in [4.69, 9.17) is 0 Å². The predicted octanol–water partition coefficient (Wildman–Crippen LogP) is 1.57. The Kier molecular flexibility index (Phi) is 3.19. The third-order valence-electron chi connectivity index (χ3n) is 2.86. The average molecular weight is 234 g/mol. The summed E-state index contributed by atoms with van der Waals surface area (Å²) in [4.78, 5) is 0. The van der Waals surface area contributed by atoms with Crippen molar-refractivity contribution in [1.29, 1.82) is 0 Å². The van der Waals surface area contributed by atoms with E-state index in [1.807, 2.05) is 20.2 Å². The molecule has 1 N–H and O–H groups in total. The van der Waals surface area contributed by atoms with E-state index in [2.05, 4.69) is 15.6 Å². The van der Waals surface area contributed by atoms with Crippen LogP contribution in [0.5, 0.6) is 0 Å². The van der Waals surface area contributed by atoms with E-state index >= 15 is 0 Å². The van der Waals surface area contributed by atoms with E-state index in [9.17, 15) is 4.39 Å². The Morgan fingerprint density at radius 1 is 1.41 bits per heavy atom. The number of nitrogens with zero attached hydrogens (tertiary/aromatic N) is 3. The van der Waals surface area contributed by atoms with Gasteiger partial charge < -0.3 is 5.32 Å². The van der Waals surface area contributed by atoms with E-state index in [1.165, 1.54) is 0 Å². The van der Waals surface area contributed by atoms with Crippen molar-refractivity contribution in [3.63, 3.8) is 0 Å². The third kappa shape index (κ3) is 2.19. The first-order chi connectivity index (χ1) is 8.13. The van der Waals surface area contributed by atoms with Gasteiger partial charge in [-0.05, 0) is 31.2 Å². The molecule has 0 aliphatic rings. The van der Waals surface area contributed by atoms with Gasteiger partial charge in [-0.2, -0.15) is 0 Å². The van der Waals surface area contributed by atoms with E-state index in [1.54, 1.807) is 29.9 Å². The fourth-order valence-corrected chi connectivity index (χ4v) is 1.83. The second kappa shape index (κ2) is 4.63. The number of hydrogen-bond acceptors (Lipinski definition) is 3. The monoisotopic (exact) mass is 234 g/mol. The zero-order chi connectivity index (χ0) is 12.4. The van der Waals surface area contributed by atoms with Crippen LogP contribution in [-0.2, 0) is 7.05 Å². The molecule has 1 atom stereocenters. The molecule has 1 unspecified atom stereocenters. The third-order valence-corrected chi connectivity index (χ3v) is 2.86. The van der Waals surface area contributed by atoms with Crippen molar-refractivity contribution in [2.75, 3.05) is 7.05 Å². The number of benzene rings is 1. The van der Waals surface area contributed by atoms with Gasteiger partial charge >= 0.3 is 0 Å². The van der Waals surface area contributed by atoms with Crippen molar-refractivity contribution in [2.45, 2.75) is 13.0 Å². The first-order valence-corrected chi connectivity index (χ1v) is 5.41. The first-order valence-electron chi connectivity index (χ1n) is 5.41. The van der Waals surface area contributed by atoms with Crippen LogP contribution in [-0.4, -0.2) is 22.0 Å². The minimum Gasteiger partial charge on any atom is -0.308 e. The van der Waals surface area contributed by atoms with Gasteiger partial charge in [0.25, 0.3) is 0 Å². The van der Waals surface area contributed by atoms with Crippen LogP contribution < -0.4 is 5.32 Å². The van der Waals surface area contributed by atoms with Gasteiger partial charge in [0.2, 0.25) is 0 Å². The Morgan fingerprint density at radius 2 is 2.18 bits per heavy atom. The van der Waals surface area contributed by atoms with Crippen molar-refractivity contribution in [3.8, 4) is 0 Å². The minimum absolute atomic E-state index is 0.106. The number of rotatable bonds is 3. The molecule has 2 aromatic rings. The summed E-state index contributed by atoms with van der Waals surface area (Å²) < 4.78 is 15.2. The molecule has 5 heteroatoms. The molecule has 0 bridgehead atoms. The summed E-state index contributed by atoms with van der Waals surface area (Å²) >= 11 is 0. The highest BCUT2D eigenvalue weighted by molar-refractivity contribution is 5.30. The lowest BCUT2D eigenvalue weighted by Crippen LogP contribution is -2.20. The van der Waals surface area contributed by atoms with E-state index in [0.29, 0.717) is 5.56 Å². The van der Waals surface area contributed by atoms with Gasteiger partial charge in [-0.15, -0.1) is 5.10 Å². The van der Waals surface area contributed by atoms with Gasteiger partial charge in [0.1, 0.15) is 5.82 Å². The molecule has 1 heterocycles. The Bertz CT molecular complexity index is 521. The SMILES string of the molecule is CNC(c1ccc(C)c(F)c1)c1cnnn1C. The van der Waals surface area contributed by atoms with Crippen LogP contribution in [0.25, 0.3) is 0 Å². The molecule has 1 aromatic heterocycles. The Hall–Kier alpha value is -1.75. The van der Waals surface area contributed by atoms with Crippen LogP contribution in [0.15, 0.2) is 24.4 Å². The standard InChI is InChI=1S/C12H15FN4/c1-8-4-5-9(6-10(8)13)12(14-2)11-7-15-16-17(11)3/h4-7,12,14H,1-3H3. The highest BCUT2D eigenvalue weighted by Gasteiger charge is 2.16. The second-order valence-electron chi connectivity index (χ2n) is 4.01. The fraction of sp³-hybridized carbons (Fsp3) is 0.333. The van der Waals surface area contributed by atoms with E-state index < -0.39 is 0 Å². The lowest BCUT2D eigenvalue weighted by molar-refractivity contribution is 0.583. The van der Waals surface area contributed by atoms with Gasteiger partial charge in [-0.1, -0.05) is 17.3 Å². The van der Waals surface area contributed by atoms with Crippen molar-refractivity contribution in [1.82, 2.24) is 20.3 Å². The summed E-state index contributed by atoms with van der Waals surface area (Å²) in [7, 11) is 3.65. The van der Waals surface area contributed by atoms with Crippen molar-refractivity contribution >= 4 is 0 Å². The number of aryl methyl sites for hydroxylation is 2. The van der Waals surface area contributed by atoms with Crippen LogP contribution >= 0.6 is 0 Å². The lowest BCUT2D eigenvalue weighted by Gasteiger charge is -2.16. The van der Waals surface area contributed by atoms with Crippen LogP contribution in [0.4, 0.5) is 4.39 Å². The molecular formula is C12H15FN4. The molecule has 2 rings (SSSR count). The van der Waals surface area contributed by atoms with Crippen LogP contribution in [0, 0.1) is 12.7 Å². The van der Waals surface area contributed by atoms with Crippen LogP contribution in [0.3, 0.4) is 0 Å². The van der Waals surface area contributed by atoms with Gasteiger partial charge in [0.15, 0.2) is 0 Å². The smallest absolute Gasteiger partial charge is 0.126 e. The molecule has 0 amide bonds.